The van der Waals surface area contributed by atoms with Crippen molar-refractivity contribution in [2.45, 2.75) is 37.8 Å². The van der Waals surface area contributed by atoms with E-state index in [1.54, 1.807) is 0 Å². The molecule has 2 aliphatic heterocycles. The summed E-state index contributed by atoms with van der Waals surface area (Å²) in [6.07, 6.45) is 3.92. The van der Waals surface area contributed by atoms with Crippen LogP contribution in [0.1, 0.15) is 25.7 Å². The number of aliphatic hydroxyl groups is 1. The Morgan fingerprint density at radius 3 is 2.40 bits per heavy atom. The number of amides is 1. The molecular formula is C14H27N3O3. The quantitative estimate of drug-likeness (QED) is 0.706. The molecule has 116 valence electrons. The van der Waals surface area contributed by atoms with Crippen LogP contribution >= 0.6 is 0 Å². The Kier molecular flexibility index (Phi) is 6.22. The Morgan fingerprint density at radius 1 is 1.15 bits per heavy atom. The van der Waals surface area contributed by atoms with Gasteiger partial charge in [0.2, 0.25) is 5.91 Å². The molecule has 1 amide bonds. The van der Waals surface area contributed by atoms with Gasteiger partial charge in [0.25, 0.3) is 0 Å². The third-order valence-electron chi connectivity index (χ3n) is 4.23. The number of rotatable bonds is 5. The van der Waals surface area contributed by atoms with Crippen molar-refractivity contribution in [2.75, 3.05) is 45.9 Å². The molecule has 6 heteroatoms. The van der Waals surface area contributed by atoms with Crippen LogP contribution < -0.4 is 5.73 Å². The highest BCUT2D eigenvalue weighted by atomic mass is 16.5. The molecule has 0 atom stereocenters. The maximum atomic E-state index is 12.2. The van der Waals surface area contributed by atoms with Crippen LogP contribution in [0.25, 0.3) is 0 Å². The summed E-state index contributed by atoms with van der Waals surface area (Å²) >= 11 is 0. The molecule has 2 fully saturated rings. The third kappa shape index (κ3) is 4.70. The zero-order valence-electron chi connectivity index (χ0n) is 12.2. The molecular weight excluding hydrogens is 258 g/mol. The maximum Gasteiger partial charge on any atom is 0.236 e. The van der Waals surface area contributed by atoms with E-state index in [2.05, 4.69) is 4.90 Å². The molecule has 0 radical (unpaired) electrons. The zero-order valence-corrected chi connectivity index (χ0v) is 12.2. The number of aliphatic hydroxyl groups excluding tert-OH is 1. The standard InChI is InChI=1S/C14H27N3O3/c15-12-1-5-16(6-2-12)11-14(19)17-7-3-13(4-8-17)20-10-9-18/h12-13,18H,1-11,15H2. The number of hydrogen-bond donors (Lipinski definition) is 2. The first-order valence-electron chi connectivity index (χ1n) is 7.67. The van der Waals surface area contributed by atoms with Crippen LogP contribution in [-0.4, -0.2) is 78.9 Å². The van der Waals surface area contributed by atoms with Crippen LogP contribution in [0.3, 0.4) is 0 Å². The summed E-state index contributed by atoms with van der Waals surface area (Å²) in [6.45, 7) is 4.38. The average Bonchev–Trinajstić information content (AvgIpc) is 2.48. The average molecular weight is 285 g/mol. The topological polar surface area (TPSA) is 79.0 Å². The fraction of sp³-hybridized carbons (Fsp3) is 0.929. The number of likely N-dealkylation sites (tertiary alicyclic amines) is 2. The number of nitrogens with zero attached hydrogens (tertiary/aromatic N) is 2. The van der Waals surface area contributed by atoms with Crippen molar-refractivity contribution >= 4 is 5.91 Å². The molecule has 3 N–H and O–H groups in total. The van der Waals surface area contributed by atoms with E-state index < -0.39 is 0 Å². The van der Waals surface area contributed by atoms with E-state index >= 15 is 0 Å². The summed E-state index contributed by atoms with van der Waals surface area (Å²) < 4.78 is 5.51. The van der Waals surface area contributed by atoms with Crippen LogP contribution in [0.15, 0.2) is 0 Å². The van der Waals surface area contributed by atoms with Gasteiger partial charge in [-0.15, -0.1) is 0 Å². The van der Waals surface area contributed by atoms with Gasteiger partial charge in [-0.1, -0.05) is 0 Å². The van der Waals surface area contributed by atoms with Gasteiger partial charge in [-0.3, -0.25) is 9.69 Å². The normalized spacial score (nSPS) is 23.2. The van der Waals surface area contributed by atoms with Crippen molar-refractivity contribution in [3.63, 3.8) is 0 Å². The summed E-state index contributed by atoms with van der Waals surface area (Å²) in [5.74, 6) is 0.223. The SMILES string of the molecule is NC1CCN(CC(=O)N2CCC(OCCO)CC2)CC1. The number of hydrogen-bond acceptors (Lipinski definition) is 5. The minimum Gasteiger partial charge on any atom is -0.394 e. The molecule has 0 saturated carbocycles. The molecule has 6 nitrogen and oxygen atoms in total. The molecule has 0 aliphatic carbocycles. The van der Waals surface area contributed by atoms with Gasteiger partial charge in [0, 0.05) is 32.2 Å². The second-order valence-electron chi connectivity index (χ2n) is 5.79. The molecule has 2 aliphatic rings. The second kappa shape index (κ2) is 7.93. The first kappa shape index (κ1) is 15.7. The van der Waals surface area contributed by atoms with E-state index in [1.807, 2.05) is 4.90 Å². The minimum absolute atomic E-state index is 0.0657. The maximum absolute atomic E-state index is 12.2. The molecule has 2 saturated heterocycles. The predicted octanol–water partition coefficient (Wildman–Crippen LogP) is -0.591. The molecule has 0 unspecified atom stereocenters. The van der Waals surface area contributed by atoms with Gasteiger partial charge in [-0.2, -0.15) is 0 Å². The molecule has 0 aromatic rings. The Labute approximate surface area is 120 Å². The van der Waals surface area contributed by atoms with Crippen LogP contribution in [0.4, 0.5) is 0 Å². The van der Waals surface area contributed by atoms with Crippen molar-refractivity contribution in [3.8, 4) is 0 Å². The molecule has 2 rings (SSSR count). The van der Waals surface area contributed by atoms with Gasteiger partial charge < -0.3 is 20.5 Å². The molecule has 0 bridgehead atoms. The Morgan fingerprint density at radius 2 is 1.80 bits per heavy atom. The molecule has 0 aromatic heterocycles. The van der Waals surface area contributed by atoms with E-state index in [4.69, 9.17) is 15.6 Å². The summed E-state index contributed by atoms with van der Waals surface area (Å²) in [5.41, 5.74) is 5.87. The monoisotopic (exact) mass is 285 g/mol. The Hall–Kier alpha value is -0.690. The number of piperidine rings is 2. The summed E-state index contributed by atoms with van der Waals surface area (Å²) in [5, 5.41) is 8.73. The number of ether oxygens (including phenoxy) is 1. The van der Waals surface area contributed by atoms with Gasteiger partial charge >= 0.3 is 0 Å². The zero-order chi connectivity index (χ0) is 14.4. The summed E-state index contributed by atoms with van der Waals surface area (Å²) in [6, 6.07) is 0.306. The van der Waals surface area contributed by atoms with Crippen molar-refractivity contribution in [1.82, 2.24) is 9.80 Å². The predicted molar refractivity (Wildman–Crippen MR) is 76.3 cm³/mol. The highest BCUT2D eigenvalue weighted by Crippen LogP contribution is 2.15. The van der Waals surface area contributed by atoms with E-state index in [9.17, 15) is 4.79 Å². The molecule has 20 heavy (non-hydrogen) atoms. The summed E-state index contributed by atoms with van der Waals surface area (Å²) in [7, 11) is 0. The van der Waals surface area contributed by atoms with E-state index in [-0.39, 0.29) is 18.6 Å². The van der Waals surface area contributed by atoms with Gasteiger partial charge in [0.05, 0.1) is 25.9 Å². The lowest BCUT2D eigenvalue weighted by molar-refractivity contribution is -0.135. The molecule has 0 spiro atoms. The summed E-state index contributed by atoms with van der Waals surface area (Å²) in [4.78, 5) is 16.4. The first-order chi connectivity index (χ1) is 9.69. The van der Waals surface area contributed by atoms with Crippen molar-refractivity contribution in [3.05, 3.63) is 0 Å². The largest absolute Gasteiger partial charge is 0.394 e. The molecule has 0 aromatic carbocycles. The van der Waals surface area contributed by atoms with E-state index in [0.29, 0.717) is 19.2 Å². The van der Waals surface area contributed by atoms with Gasteiger partial charge in [-0.05, 0) is 25.7 Å². The smallest absolute Gasteiger partial charge is 0.236 e. The van der Waals surface area contributed by atoms with Gasteiger partial charge in [0.15, 0.2) is 0 Å². The fourth-order valence-electron chi connectivity index (χ4n) is 2.89. The Bertz CT molecular complexity index is 298. The second-order valence-corrected chi connectivity index (χ2v) is 5.79. The highest BCUT2D eigenvalue weighted by Gasteiger charge is 2.25. The van der Waals surface area contributed by atoms with Crippen LogP contribution in [-0.2, 0) is 9.53 Å². The molecule has 2 heterocycles. The van der Waals surface area contributed by atoms with Gasteiger partial charge in [-0.25, -0.2) is 0 Å². The highest BCUT2D eigenvalue weighted by molar-refractivity contribution is 5.78. The van der Waals surface area contributed by atoms with Crippen LogP contribution in [0.2, 0.25) is 0 Å². The number of nitrogens with two attached hydrogens (primary N) is 1. The number of carbonyl (C=O) groups excluding carboxylic acids is 1. The van der Waals surface area contributed by atoms with Crippen molar-refractivity contribution in [1.29, 1.82) is 0 Å². The lowest BCUT2D eigenvalue weighted by Crippen LogP contribution is -2.48. The van der Waals surface area contributed by atoms with Crippen LogP contribution in [0.5, 0.6) is 0 Å². The lowest BCUT2D eigenvalue weighted by atomic mass is 10.1. The van der Waals surface area contributed by atoms with E-state index in [0.717, 1.165) is 51.9 Å². The first-order valence-corrected chi connectivity index (χ1v) is 7.67. The minimum atomic E-state index is 0.0657. The van der Waals surface area contributed by atoms with E-state index in [1.165, 1.54) is 0 Å². The van der Waals surface area contributed by atoms with Crippen LogP contribution in [0, 0.1) is 0 Å². The van der Waals surface area contributed by atoms with Crippen molar-refractivity contribution in [2.24, 2.45) is 5.73 Å². The van der Waals surface area contributed by atoms with Crippen molar-refractivity contribution < 1.29 is 14.6 Å². The fourth-order valence-corrected chi connectivity index (χ4v) is 2.89. The third-order valence-corrected chi connectivity index (χ3v) is 4.23. The number of carbonyl (C=O) groups is 1. The lowest BCUT2D eigenvalue weighted by Gasteiger charge is -2.35. The van der Waals surface area contributed by atoms with Gasteiger partial charge in [0.1, 0.15) is 0 Å². The Balaban J connectivity index is 1.66.